The fraction of sp³-hybridized carbons (Fsp3) is 0.408. The zero-order valence-corrected chi connectivity index (χ0v) is 37.4. The topological polar surface area (TPSA) is 149 Å². The third-order valence-electron chi connectivity index (χ3n) is 13.5. The highest BCUT2D eigenvalue weighted by molar-refractivity contribution is 7.85. The normalized spacial score (nSPS) is 21.5. The van der Waals surface area contributed by atoms with Crippen molar-refractivity contribution in [2.24, 2.45) is 5.92 Å². The first-order chi connectivity index (χ1) is 31.3. The van der Waals surface area contributed by atoms with E-state index in [2.05, 4.69) is 69.0 Å². The predicted octanol–water partition coefficient (Wildman–Crippen LogP) is 7.67. The molecule has 3 fully saturated rings. The van der Waals surface area contributed by atoms with Crippen LogP contribution in [0.4, 0.5) is 33.6 Å². The number of hydrogen-bond acceptors (Lipinski definition) is 12. The van der Waals surface area contributed by atoms with Gasteiger partial charge in [0.1, 0.15) is 21.4 Å². The minimum atomic E-state index is -1.14. The number of anilines is 5. The lowest BCUT2D eigenvalue weighted by atomic mass is 9.74. The Balaban J connectivity index is 0.000000152. The first kappa shape index (κ1) is 42.4. The number of piperidine rings is 2. The molecule has 3 aromatic carbocycles. The van der Waals surface area contributed by atoms with E-state index in [0.29, 0.717) is 52.1 Å². The first-order valence-corrected chi connectivity index (χ1v) is 25.2. The van der Waals surface area contributed by atoms with Crippen LogP contribution < -0.4 is 20.4 Å². The van der Waals surface area contributed by atoms with Gasteiger partial charge in [0.2, 0.25) is 11.9 Å². The number of benzene rings is 3. The Labute approximate surface area is 378 Å². The quantitative estimate of drug-likeness (QED) is 0.157. The highest BCUT2D eigenvalue weighted by atomic mass is 32.2. The molecule has 0 saturated carbocycles. The summed E-state index contributed by atoms with van der Waals surface area (Å²) in [6.07, 6.45) is 10.3. The summed E-state index contributed by atoms with van der Waals surface area (Å²) in [7, 11) is -2.18. The molecule has 7 heterocycles. The third kappa shape index (κ3) is 8.67. The average molecular weight is 898 g/mol. The molecule has 0 radical (unpaired) electrons. The number of halogens is 1. The Morgan fingerprint density at radius 3 is 2.08 bits per heavy atom. The summed E-state index contributed by atoms with van der Waals surface area (Å²) in [5.41, 5.74) is 7.29. The van der Waals surface area contributed by atoms with Gasteiger partial charge >= 0.3 is 0 Å². The molecule has 2 aromatic heterocycles. The van der Waals surface area contributed by atoms with Gasteiger partial charge in [0.25, 0.3) is 0 Å². The molecule has 3 saturated heterocycles. The van der Waals surface area contributed by atoms with Crippen LogP contribution in [0.5, 0.6) is 0 Å². The van der Waals surface area contributed by atoms with Gasteiger partial charge in [0.05, 0.1) is 44.5 Å². The molecule has 0 bridgehead atoms. The third-order valence-corrected chi connectivity index (χ3v) is 16.4. The fourth-order valence-electron chi connectivity index (χ4n) is 9.97. The van der Waals surface area contributed by atoms with Crippen molar-refractivity contribution >= 4 is 56.4 Å². The number of hydrogen-bond donors (Lipinski definition) is 2. The molecule has 11 rings (SSSR count). The van der Waals surface area contributed by atoms with E-state index in [-0.39, 0.29) is 11.9 Å². The van der Waals surface area contributed by atoms with E-state index in [4.69, 9.17) is 24.7 Å². The van der Waals surface area contributed by atoms with Crippen LogP contribution in [-0.4, -0.2) is 85.3 Å². The number of allylic oxidation sites excluding steroid dienone is 2. The minimum absolute atomic E-state index is 0.281. The van der Waals surface area contributed by atoms with Crippen molar-refractivity contribution in [3.8, 4) is 6.07 Å². The van der Waals surface area contributed by atoms with Gasteiger partial charge in [-0.3, -0.25) is 8.42 Å². The van der Waals surface area contributed by atoms with Crippen LogP contribution in [0.15, 0.2) is 94.7 Å². The second kappa shape index (κ2) is 18.5. The maximum absolute atomic E-state index is 13.7. The van der Waals surface area contributed by atoms with E-state index in [9.17, 15) is 18.1 Å². The van der Waals surface area contributed by atoms with E-state index >= 15 is 0 Å². The van der Waals surface area contributed by atoms with Crippen LogP contribution in [0, 0.1) is 23.1 Å². The van der Waals surface area contributed by atoms with Crippen LogP contribution in [0.3, 0.4) is 0 Å². The minimum Gasteiger partial charge on any atom is -0.381 e. The molecule has 5 aliphatic heterocycles. The molecule has 15 heteroatoms. The summed E-state index contributed by atoms with van der Waals surface area (Å²) in [5.74, 6) is 4.02. The molecule has 2 unspecified atom stereocenters. The maximum atomic E-state index is 13.7. The monoisotopic (exact) mass is 897 g/mol. The van der Waals surface area contributed by atoms with Crippen LogP contribution >= 0.6 is 0 Å². The number of fused-ring (bicyclic) bond motifs is 3. The smallest absolute Gasteiger partial charge is 0.227 e. The maximum Gasteiger partial charge on any atom is 0.227 e. The van der Waals surface area contributed by atoms with Crippen molar-refractivity contribution in [2.75, 3.05) is 71.3 Å². The highest BCUT2D eigenvalue weighted by Crippen LogP contribution is 2.40. The van der Waals surface area contributed by atoms with E-state index in [1.165, 1.54) is 28.8 Å². The molecule has 5 aromatic rings. The van der Waals surface area contributed by atoms with E-state index in [1.54, 1.807) is 12.1 Å². The molecule has 330 valence electrons. The number of nitrogens with one attached hydrogen (secondary N) is 2. The van der Waals surface area contributed by atoms with Crippen LogP contribution in [0.2, 0.25) is 0 Å². The Kier molecular flexibility index (Phi) is 12.3. The van der Waals surface area contributed by atoms with Crippen LogP contribution in [0.25, 0.3) is 5.57 Å². The average Bonchev–Trinajstić information content (AvgIpc) is 4.06. The van der Waals surface area contributed by atoms with Crippen molar-refractivity contribution in [3.05, 3.63) is 119 Å². The molecule has 0 amide bonds. The Hall–Kier alpha value is -5.56. The highest BCUT2D eigenvalue weighted by Gasteiger charge is 2.38. The van der Waals surface area contributed by atoms with Crippen molar-refractivity contribution in [1.82, 2.24) is 19.9 Å². The van der Waals surface area contributed by atoms with E-state index in [0.717, 1.165) is 118 Å². The lowest BCUT2D eigenvalue weighted by Crippen LogP contribution is -2.42. The summed E-state index contributed by atoms with van der Waals surface area (Å²) in [6.45, 7) is 4.68. The predicted molar refractivity (Wildman–Crippen MR) is 249 cm³/mol. The number of ether oxygens (including phenoxy) is 1. The molecular weight excluding hydrogens is 846 g/mol. The number of aryl methyl sites for hydroxylation is 2. The second-order valence-electron chi connectivity index (χ2n) is 17.4. The van der Waals surface area contributed by atoms with Crippen molar-refractivity contribution in [2.45, 2.75) is 79.0 Å². The molecule has 2 N–H and O–H groups in total. The van der Waals surface area contributed by atoms with Gasteiger partial charge in [-0.05, 0) is 91.3 Å². The summed E-state index contributed by atoms with van der Waals surface area (Å²) in [4.78, 5) is 25.1. The van der Waals surface area contributed by atoms with Crippen LogP contribution in [0.1, 0.15) is 66.6 Å². The summed E-state index contributed by atoms with van der Waals surface area (Å²) in [5, 5.41) is 16.7. The van der Waals surface area contributed by atoms with Gasteiger partial charge in [-0.25, -0.2) is 14.4 Å². The lowest BCUT2D eigenvalue weighted by Gasteiger charge is -2.38. The number of rotatable bonds is 8. The lowest BCUT2D eigenvalue weighted by molar-refractivity contribution is 0.0903. The molecule has 6 aliphatic rings. The largest absolute Gasteiger partial charge is 0.381 e. The molecule has 12 nitrogen and oxygen atoms in total. The first-order valence-electron chi connectivity index (χ1n) is 22.5. The van der Waals surface area contributed by atoms with Gasteiger partial charge in [-0.1, -0.05) is 66.7 Å². The van der Waals surface area contributed by atoms with Gasteiger partial charge in [-0.15, -0.1) is 0 Å². The molecule has 2 atom stereocenters. The summed E-state index contributed by atoms with van der Waals surface area (Å²) < 4.78 is 44.4. The molecular formula is C49H52FN9O3S2. The Morgan fingerprint density at radius 2 is 1.39 bits per heavy atom. The van der Waals surface area contributed by atoms with Gasteiger partial charge < -0.3 is 25.2 Å². The van der Waals surface area contributed by atoms with Crippen molar-refractivity contribution in [3.63, 3.8) is 0 Å². The van der Waals surface area contributed by atoms with E-state index in [1.807, 2.05) is 18.2 Å². The fourth-order valence-corrected chi connectivity index (χ4v) is 12.6. The standard InChI is InChI=1S/C26H25FN4OS.C23H27N5O2S/c27-19-5-3-6-20(16-19)28-25-24-23(12-15-33(24)32)29-26(30-25)31-13-10-18(11-14-31)22-9-8-17-4-1-2-7-21(17)22;24-16-23(17-4-2-1-3-5-17)9-11-28(12-10-23)22-26-19-8-15-31(29)20(19)21(27-22)25-18-6-13-30-14-7-18/h1-7,9,16,18H,8,10-15H2,(H,28,29,30);1-5,18H,6-15H2,(H,25,26,27). The van der Waals surface area contributed by atoms with Crippen LogP contribution in [-0.2, 0) is 51.0 Å². The van der Waals surface area contributed by atoms with Crippen molar-refractivity contribution < 1.29 is 17.5 Å². The number of nitrogens with zero attached hydrogens (tertiary/aromatic N) is 7. The molecule has 64 heavy (non-hydrogen) atoms. The SMILES string of the molecule is N#CC1(c2ccccc2)CCN(c2nc3c(c(NC4CCOCC4)n2)S(=O)CC3)CC1.O=S1CCc2nc(N3CCC(C4=CCc5ccccc54)CC3)nc(Nc3cccc(F)c3)c21. The zero-order valence-electron chi connectivity index (χ0n) is 35.8. The Bertz CT molecular complexity index is 2650. The van der Waals surface area contributed by atoms with Crippen molar-refractivity contribution in [1.29, 1.82) is 5.26 Å². The Morgan fingerprint density at radius 1 is 0.750 bits per heavy atom. The number of aromatic nitrogens is 4. The van der Waals surface area contributed by atoms with Gasteiger partial charge in [0, 0.05) is 75.5 Å². The summed E-state index contributed by atoms with van der Waals surface area (Å²) >= 11 is 0. The zero-order chi connectivity index (χ0) is 43.6. The van der Waals surface area contributed by atoms with Gasteiger partial charge in [0.15, 0.2) is 5.82 Å². The summed E-state index contributed by atoms with van der Waals surface area (Å²) in [6, 6.07) is 27.9. The number of nitriles is 1. The molecule has 0 spiro atoms. The van der Waals surface area contributed by atoms with Gasteiger partial charge in [-0.2, -0.15) is 15.2 Å². The van der Waals surface area contributed by atoms with E-state index < -0.39 is 27.0 Å². The molecule has 1 aliphatic carbocycles. The second-order valence-corrected chi connectivity index (χ2v) is 20.4.